The summed E-state index contributed by atoms with van der Waals surface area (Å²) in [5, 5.41) is 6.79. The number of anilines is 1. The van der Waals surface area contributed by atoms with E-state index >= 15 is 0 Å². The Morgan fingerprint density at radius 1 is 0.814 bits per heavy atom. The summed E-state index contributed by atoms with van der Waals surface area (Å²) in [7, 11) is -2.54. The van der Waals surface area contributed by atoms with Gasteiger partial charge in [0.05, 0.1) is 23.9 Å². The maximum Gasteiger partial charge on any atom is 0.264 e. The maximum atomic E-state index is 13.4. The average Bonchev–Trinajstić information content (AvgIpc) is 3.04. The summed E-state index contributed by atoms with van der Waals surface area (Å²) in [4.78, 5) is 24.9. The predicted molar refractivity (Wildman–Crippen MR) is 165 cm³/mol. The molecule has 4 aromatic carbocycles. The van der Waals surface area contributed by atoms with Crippen LogP contribution in [0.1, 0.15) is 11.1 Å². The minimum absolute atomic E-state index is 0.0501. The Kier molecular flexibility index (Phi) is 10.9. The molecule has 0 saturated carbocycles. The fourth-order valence-corrected chi connectivity index (χ4v) is 5.41. The van der Waals surface area contributed by atoms with Crippen molar-refractivity contribution in [2.24, 2.45) is 5.10 Å². The van der Waals surface area contributed by atoms with Crippen LogP contribution in [0.2, 0.25) is 0 Å². The number of hydrogen-bond acceptors (Lipinski definition) is 7. The molecule has 0 fully saturated rings. The molecule has 2 N–H and O–H groups in total. The summed E-state index contributed by atoms with van der Waals surface area (Å²) in [5.41, 5.74) is 4.47. The second-order valence-corrected chi connectivity index (χ2v) is 11.1. The smallest absolute Gasteiger partial charge is 0.264 e. The lowest BCUT2D eigenvalue weighted by atomic mass is 10.1. The Labute approximate surface area is 251 Å². The fourth-order valence-electron chi connectivity index (χ4n) is 3.97. The van der Waals surface area contributed by atoms with Crippen LogP contribution < -0.4 is 24.5 Å². The molecule has 0 unspecified atom stereocenters. The molecule has 0 aliphatic carbocycles. The second kappa shape index (κ2) is 15.2. The van der Waals surface area contributed by atoms with Gasteiger partial charge in [0.15, 0.2) is 6.61 Å². The van der Waals surface area contributed by atoms with E-state index in [1.807, 2.05) is 30.3 Å². The third kappa shape index (κ3) is 9.17. The number of hydrogen-bond donors (Lipinski definition) is 2. The minimum Gasteiger partial charge on any atom is -0.497 e. The summed E-state index contributed by atoms with van der Waals surface area (Å²) in [6, 6.07) is 30.9. The molecule has 0 aromatic heterocycles. The average molecular weight is 601 g/mol. The van der Waals surface area contributed by atoms with Crippen LogP contribution >= 0.6 is 0 Å². The second-order valence-electron chi connectivity index (χ2n) is 9.26. The van der Waals surface area contributed by atoms with Crippen molar-refractivity contribution in [3.8, 4) is 11.5 Å². The van der Waals surface area contributed by atoms with E-state index in [2.05, 4.69) is 15.8 Å². The highest BCUT2D eigenvalue weighted by Crippen LogP contribution is 2.25. The molecule has 43 heavy (non-hydrogen) atoms. The summed E-state index contributed by atoms with van der Waals surface area (Å²) in [6.45, 7) is -0.0979. The molecule has 0 aliphatic heterocycles. The lowest BCUT2D eigenvalue weighted by Crippen LogP contribution is -2.39. The van der Waals surface area contributed by atoms with Gasteiger partial charge in [-0.15, -0.1) is 0 Å². The molecule has 11 heteroatoms. The van der Waals surface area contributed by atoms with Crippen LogP contribution in [0.15, 0.2) is 119 Å². The van der Waals surface area contributed by atoms with Gasteiger partial charge in [-0.2, -0.15) is 5.10 Å². The minimum atomic E-state index is -4.04. The van der Waals surface area contributed by atoms with Crippen molar-refractivity contribution in [1.82, 2.24) is 10.7 Å². The molecule has 0 atom stereocenters. The van der Waals surface area contributed by atoms with Gasteiger partial charge in [-0.3, -0.25) is 13.9 Å². The topological polar surface area (TPSA) is 126 Å². The van der Waals surface area contributed by atoms with Crippen LogP contribution in [0.4, 0.5) is 5.69 Å². The Morgan fingerprint density at radius 3 is 2.09 bits per heavy atom. The van der Waals surface area contributed by atoms with Crippen LogP contribution in [-0.2, 0) is 26.0 Å². The zero-order valence-electron chi connectivity index (χ0n) is 23.6. The first kappa shape index (κ1) is 30.8. The van der Waals surface area contributed by atoms with E-state index in [9.17, 15) is 18.0 Å². The van der Waals surface area contributed by atoms with Gasteiger partial charge in [-0.05, 0) is 78.2 Å². The van der Waals surface area contributed by atoms with Crippen molar-refractivity contribution in [3.05, 3.63) is 120 Å². The SMILES string of the molecule is COc1ccc(N(CC(=O)N/N=C\c2ccc(OCC(=O)NCCc3ccccc3)cc2)S(=O)(=O)c2ccccc2)cc1. The molecular formula is C32H32N4O6S. The number of carbonyl (C=O) groups excluding carboxylic acids is 2. The molecule has 0 radical (unpaired) electrons. The van der Waals surface area contributed by atoms with E-state index in [4.69, 9.17) is 9.47 Å². The largest absolute Gasteiger partial charge is 0.497 e. The molecule has 0 heterocycles. The zero-order chi connectivity index (χ0) is 30.5. The molecule has 0 saturated heterocycles. The number of nitrogens with one attached hydrogen (secondary N) is 2. The standard InChI is InChI=1S/C32H32N4O6S/c1-41-28-18-14-27(15-19-28)36(43(39,40)30-10-6-3-7-11-30)23-31(37)35-34-22-26-12-16-29(17-13-26)42-24-32(38)33-21-20-25-8-4-2-5-9-25/h2-19,22H,20-21,23-24H2,1H3,(H,33,38)(H,35,37)/b34-22-. The van der Waals surface area contributed by atoms with Gasteiger partial charge in [0.1, 0.15) is 18.0 Å². The number of methoxy groups -OCH3 is 1. The van der Waals surface area contributed by atoms with Crippen molar-refractivity contribution >= 4 is 33.7 Å². The third-order valence-corrected chi connectivity index (χ3v) is 8.00. The monoisotopic (exact) mass is 600 g/mol. The Morgan fingerprint density at radius 2 is 1.44 bits per heavy atom. The highest BCUT2D eigenvalue weighted by Gasteiger charge is 2.27. The van der Waals surface area contributed by atoms with Crippen LogP contribution in [0, 0.1) is 0 Å². The number of rotatable bonds is 14. The Hall–Kier alpha value is -5.16. The van der Waals surface area contributed by atoms with Gasteiger partial charge in [-0.1, -0.05) is 48.5 Å². The van der Waals surface area contributed by atoms with E-state index in [1.165, 1.54) is 25.5 Å². The van der Waals surface area contributed by atoms with Gasteiger partial charge < -0.3 is 14.8 Å². The van der Waals surface area contributed by atoms with Crippen molar-refractivity contribution in [1.29, 1.82) is 0 Å². The molecule has 222 valence electrons. The Balaban J connectivity index is 1.29. The van der Waals surface area contributed by atoms with Gasteiger partial charge in [0, 0.05) is 6.54 Å². The molecule has 0 aliphatic rings. The molecule has 0 spiro atoms. The fraction of sp³-hybridized carbons (Fsp3) is 0.156. The highest BCUT2D eigenvalue weighted by atomic mass is 32.2. The Bertz CT molecular complexity index is 1610. The number of nitrogens with zero attached hydrogens (tertiary/aromatic N) is 2. The van der Waals surface area contributed by atoms with E-state index < -0.39 is 22.5 Å². The van der Waals surface area contributed by atoms with E-state index in [0.717, 1.165) is 16.3 Å². The first-order chi connectivity index (χ1) is 20.8. The van der Waals surface area contributed by atoms with Crippen LogP contribution in [0.25, 0.3) is 0 Å². The van der Waals surface area contributed by atoms with Crippen molar-refractivity contribution in [3.63, 3.8) is 0 Å². The van der Waals surface area contributed by atoms with E-state index in [-0.39, 0.29) is 17.4 Å². The van der Waals surface area contributed by atoms with E-state index in [0.29, 0.717) is 29.3 Å². The normalized spacial score (nSPS) is 11.1. The summed E-state index contributed by atoms with van der Waals surface area (Å²) in [6.07, 6.45) is 2.15. The number of benzene rings is 4. The molecule has 2 amide bonds. The zero-order valence-corrected chi connectivity index (χ0v) is 24.4. The lowest BCUT2D eigenvalue weighted by Gasteiger charge is -2.23. The van der Waals surface area contributed by atoms with E-state index in [1.54, 1.807) is 66.7 Å². The molecule has 4 rings (SSSR count). The summed E-state index contributed by atoms with van der Waals surface area (Å²) >= 11 is 0. The van der Waals surface area contributed by atoms with Crippen molar-refractivity contribution in [2.45, 2.75) is 11.3 Å². The van der Waals surface area contributed by atoms with Gasteiger partial charge in [-0.25, -0.2) is 13.8 Å². The van der Waals surface area contributed by atoms with Crippen molar-refractivity contribution < 1.29 is 27.5 Å². The summed E-state index contributed by atoms with van der Waals surface area (Å²) < 4.78 is 38.5. The van der Waals surface area contributed by atoms with Crippen LogP contribution in [0.3, 0.4) is 0 Å². The number of amides is 2. The first-order valence-corrected chi connectivity index (χ1v) is 14.9. The van der Waals surface area contributed by atoms with Crippen molar-refractivity contribution in [2.75, 3.05) is 31.1 Å². The van der Waals surface area contributed by atoms with Crippen LogP contribution in [0.5, 0.6) is 11.5 Å². The number of hydrazone groups is 1. The third-order valence-electron chi connectivity index (χ3n) is 6.21. The first-order valence-electron chi connectivity index (χ1n) is 13.4. The molecule has 0 bridgehead atoms. The highest BCUT2D eigenvalue weighted by molar-refractivity contribution is 7.92. The quantitative estimate of drug-likeness (QED) is 0.168. The number of carbonyl (C=O) groups is 2. The lowest BCUT2D eigenvalue weighted by molar-refractivity contribution is -0.123. The number of ether oxygens (including phenoxy) is 2. The maximum absolute atomic E-state index is 13.4. The van der Waals surface area contributed by atoms with Gasteiger partial charge in [0.2, 0.25) is 0 Å². The van der Waals surface area contributed by atoms with Gasteiger partial charge in [0.25, 0.3) is 21.8 Å². The van der Waals surface area contributed by atoms with Crippen LogP contribution in [-0.4, -0.2) is 53.3 Å². The summed E-state index contributed by atoms with van der Waals surface area (Å²) in [5.74, 6) is 0.195. The predicted octanol–water partition coefficient (Wildman–Crippen LogP) is 3.78. The van der Waals surface area contributed by atoms with Gasteiger partial charge >= 0.3 is 0 Å². The molecule has 10 nitrogen and oxygen atoms in total. The number of sulfonamides is 1. The molecular weight excluding hydrogens is 568 g/mol. The molecule has 4 aromatic rings.